The van der Waals surface area contributed by atoms with Crippen LogP contribution in [0.3, 0.4) is 0 Å². The van der Waals surface area contributed by atoms with E-state index >= 15 is 0 Å². The lowest BCUT2D eigenvalue weighted by Crippen LogP contribution is -2.20. The van der Waals surface area contributed by atoms with Gasteiger partial charge in [-0.25, -0.2) is 0 Å². The van der Waals surface area contributed by atoms with Crippen molar-refractivity contribution in [2.45, 2.75) is 13.8 Å². The van der Waals surface area contributed by atoms with Crippen LogP contribution in [0.25, 0.3) is 0 Å². The molecule has 0 N–H and O–H groups in total. The van der Waals surface area contributed by atoms with E-state index in [2.05, 4.69) is 5.92 Å². The summed E-state index contributed by atoms with van der Waals surface area (Å²) in [7, 11) is 0. The van der Waals surface area contributed by atoms with Gasteiger partial charge in [0.05, 0.1) is 5.41 Å². The van der Waals surface area contributed by atoms with Crippen LogP contribution in [0.5, 0.6) is 0 Å². The zero-order valence-electron chi connectivity index (χ0n) is 5.55. The molecule has 0 heterocycles. The van der Waals surface area contributed by atoms with E-state index < -0.39 is 10.3 Å². The van der Waals surface area contributed by atoms with Gasteiger partial charge in [0.2, 0.25) is 6.54 Å². The van der Waals surface area contributed by atoms with E-state index in [0.717, 1.165) is 0 Å². The van der Waals surface area contributed by atoms with Crippen molar-refractivity contribution in [1.29, 1.82) is 0 Å². The van der Waals surface area contributed by atoms with E-state index in [4.69, 9.17) is 6.42 Å². The highest BCUT2D eigenvalue weighted by molar-refractivity contribution is 4.99. The average Bonchev–Trinajstić information content (AvgIpc) is 1.63. The van der Waals surface area contributed by atoms with Gasteiger partial charge in [-0.05, 0) is 13.8 Å². The molecule has 0 spiro atoms. The number of terminal acetylenes is 1. The highest BCUT2D eigenvalue weighted by Crippen LogP contribution is 2.11. The van der Waals surface area contributed by atoms with Gasteiger partial charge in [0.15, 0.2) is 0 Å². The Morgan fingerprint density at radius 2 is 2.22 bits per heavy atom. The van der Waals surface area contributed by atoms with E-state index in [-0.39, 0.29) is 6.54 Å². The fourth-order valence-electron chi connectivity index (χ4n) is 0.368. The summed E-state index contributed by atoms with van der Waals surface area (Å²) >= 11 is 0. The number of hydrogen-bond donors (Lipinski definition) is 0. The minimum Gasteiger partial charge on any atom is -0.264 e. The van der Waals surface area contributed by atoms with Crippen LogP contribution in [0.4, 0.5) is 0 Å². The lowest BCUT2D eigenvalue weighted by atomic mass is 9.96. The summed E-state index contributed by atoms with van der Waals surface area (Å²) in [5.74, 6) is 2.33. The largest absolute Gasteiger partial charge is 0.264 e. The molecule has 0 radical (unpaired) electrons. The zero-order valence-corrected chi connectivity index (χ0v) is 5.55. The molecule has 0 aliphatic rings. The summed E-state index contributed by atoms with van der Waals surface area (Å²) in [6, 6.07) is 0. The van der Waals surface area contributed by atoms with Crippen molar-refractivity contribution in [2.75, 3.05) is 6.54 Å². The SMILES string of the molecule is C#CC(C)(C)C[N+](=O)[O-]. The zero-order chi connectivity index (χ0) is 7.49. The standard InChI is InChI=1S/C6H9NO2/c1-4-6(2,3)5-7(8)9/h1H,5H2,2-3H3. The fourth-order valence-corrected chi connectivity index (χ4v) is 0.368. The second-order valence-electron chi connectivity index (χ2n) is 2.52. The van der Waals surface area contributed by atoms with Crippen molar-refractivity contribution in [3.05, 3.63) is 10.1 Å². The molecule has 0 aliphatic heterocycles. The monoisotopic (exact) mass is 127 g/mol. The third-order valence-electron chi connectivity index (χ3n) is 0.915. The Balaban J connectivity index is 3.91. The van der Waals surface area contributed by atoms with Crippen LogP contribution in [0.1, 0.15) is 13.8 Å². The summed E-state index contributed by atoms with van der Waals surface area (Å²) in [6.07, 6.45) is 5.00. The minimum absolute atomic E-state index is 0.163. The van der Waals surface area contributed by atoms with E-state index in [1.54, 1.807) is 13.8 Å². The maximum atomic E-state index is 9.88. The van der Waals surface area contributed by atoms with Crippen LogP contribution in [-0.2, 0) is 0 Å². The first-order valence-corrected chi connectivity index (χ1v) is 2.57. The summed E-state index contributed by atoms with van der Waals surface area (Å²) in [5.41, 5.74) is -0.608. The van der Waals surface area contributed by atoms with Gasteiger partial charge in [-0.2, -0.15) is 0 Å². The Hall–Kier alpha value is -1.04. The molecular weight excluding hydrogens is 118 g/mol. The summed E-state index contributed by atoms with van der Waals surface area (Å²) < 4.78 is 0. The smallest absolute Gasteiger partial charge is 0.219 e. The highest BCUT2D eigenvalue weighted by atomic mass is 16.6. The van der Waals surface area contributed by atoms with Gasteiger partial charge in [-0.3, -0.25) is 10.1 Å². The molecule has 0 rings (SSSR count). The van der Waals surface area contributed by atoms with Gasteiger partial charge in [-0.15, -0.1) is 6.42 Å². The third-order valence-corrected chi connectivity index (χ3v) is 0.915. The van der Waals surface area contributed by atoms with E-state index in [1.165, 1.54) is 0 Å². The lowest BCUT2D eigenvalue weighted by Gasteiger charge is -2.09. The number of hydrogen-bond acceptors (Lipinski definition) is 2. The number of nitrogens with zero attached hydrogens (tertiary/aromatic N) is 1. The Morgan fingerprint density at radius 3 is 2.33 bits per heavy atom. The molecule has 0 saturated heterocycles. The molecule has 3 nitrogen and oxygen atoms in total. The van der Waals surface area contributed by atoms with Gasteiger partial charge >= 0.3 is 0 Å². The van der Waals surface area contributed by atoms with E-state index in [9.17, 15) is 10.1 Å². The molecule has 0 atom stereocenters. The number of rotatable bonds is 2. The maximum Gasteiger partial charge on any atom is 0.219 e. The van der Waals surface area contributed by atoms with Crippen molar-refractivity contribution in [3.63, 3.8) is 0 Å². The molecular formula is C6H9NO2. The highest BCUT2D eigenvalue weighted by Gasteiger charge is 2.20. The molecule has 0 saturated carbocycles. The molecule has 3 heteroatoms. The second kappa shape index (κ2) is 2.49. The summed E-state index contributed by atoms with van der Waals surface area (Å²) in [6.45, 7) is 3.16. The van der Waals surface area contributed by atoms with Gasteiger partial charge < -0.3 is 0 Å². The Morgan fingerprint density at radius 1 is 1.78 bits per heavy atom. The Kier molecular flexibility index (Phi) is 2.20. The number of nitro groups is 1. The molecule has 0 unspecified atom stereocenters. The van der Waals surface area contributed by atoms with Crippen LogP contribution in [0, 0.1) is 27.9 Å². The summed E-state index contributed by atoms with van der Waals surface area (Å²) in [5, 5.41) is 9.88. The van der Waals surface area contributed by atoms with Crippen LogP contribution in [0.2, 0.25) is 0 Å². The fraction of sp³-hybridized carbons (Fsp3) is 0.667. The molecule has 0 aromatic heterocycles. The molecule has 0 aromatic rings. The van der Waals surface area contributed by atoms with Crippen molar-refractivity contribution < 1.29 is 4.92 Å². The Bertz CT molecular complexity index is 155. The first-order valence-electron chi connectivity index (χ1n) is 2.57. The first-order chi connectivity index (χ1) is 3.98. The molecule has 0 aliphatic carbocycles. The van der Waals surface area contributed by atoms with Gasteiger partial charge in [-0.1, -0.05) is 5.92 Å². The first kappa shape index (κ1) is 7.96. The predicted octanol–water partition coefficient (Wildman–Crippen LogP) is 0.922. The van der Waals surface area contributed by atoms with Crippen LogP contribution >= 0.6 is 0 Å². The molecule has 0 fully saturated rings. The van der Waals surface area contributed by atoms with Crippen LogP contribution < -0.4 is 0 Å². The molecule has 0 aromatic carbocycles. The average molecular weight is 127 g/mol. The second-order valence-corrected chi connectivity index (χ2v) is 2.52. The van der Waals surface area contributed by atoms with Gasteiger partial charge in [0.1, 0.15) is 0 Å². The molecule has 50 valence electrons. The van der Waals surface area contributed by atoms with Crippen LogP contribution in [0.15, 0.2) is 0 Å². The quantitative estimate of drug-likeness (QED) is 0.314. The summed E-state index contributed by atoms with van der Waals surface area (Å²) in [4.78, 5) is 9.48. The Labute approximate surface area is 54.2 Å². The third kappa shape index (κ3) is 3.53. The lowest BCUT2D eigenvalue weighted by molar-refractivity contribution is -0.491. The van der Waals surface area contributed by atoms with Crippen LogP contribution in [-0.4, -0.2) is 11.5 Å². The molecule has 0 bridgehead atoms. The molecule has 9 heavy (non-hydrogen) atoms. The predicted molar refractivity (Wildman–Crippen MR) is 34.5 cm³/mol. The van der Waals surface area contributed by atoms with Crippen molar-refractivity contribution in [3.8, 4) is 12.3 Å². The van der Waals surface area contributed by atoms with E-state index in [1.807, 2.05) is 0 Å². The minimum atomic E-state index is -0.608. The molecule has 0 amide bonds. The van der Waals surface area contributed by atoms with Gasteiger partial charge in [0.25, 0.3) is 0 Å². The maximum absolute atomic E-state index is 9.88. The van der Waals surface area contributed by atoms with Crippen molar-refractivity contribution in [2.24, 2.45) is 5.41 Å². The topological polar surface area (TPSA) is 43.1 Å². The normalized spacial score (nSPS) is 10.3. The van der Waals surface area contributed by atoms with Gasteiger partial charge in [0, 0.05) is 4.92 Å². The van der Waals surface area contributed by atoms with Crippen molar-refractivity contribution in [1.82, 2.24) is 0 Å². The van der Waals surface area contributed by atoms with Crippen molar-refractivity contribution >= 4 is 0 Å². The van der Waals surface area contributed by atoms with E-state index in [0.29, 0.717) is 0 Å².